The fourth-order valence-corrected chi connectivity index (χ4v) is 2.64. The molecule has 5 heteroatoms. The Morgan fingerprint density at radius 3 is 2.44 bits per heavy atom. The van der Waals surface area contributed by atoms with Crippen LogP contribution in [0.5, 0.6) is 0 Å². The minimum atomic E-state index is -0.256. The highest BCUT2D eigenvalue weighted by Gasteiger charge is 2.10. The van der Waals surface area contributed by atoms with Gasteiger partial charge in [-0.2, -0.15) is 0 Å². The van der Waals surface area contributed by atoms with Gasteiger partial charge in [0.05, 0.1) is 11.9 Å². The van der Waals surface area contributed by atoms with Crippen LogP contribution in [0.15, 0.2) is 60.8 Å². The van der Waals surface area contributed by atoms with Gasteiger partial charge in [0.15, 0.2) is 5.78 Å². The second-order valence-corrected chi connectivity index (χ2v) is 6.47. The first-order valence-corrected chi connectivity index (χ1v) is 8.65. The van der Waals surface area contributed by atoms with Crippen LogP contribution in [-0.2, 0) is 0 Å². The third-order valence-corrected chi connectivity index (χ3v) is 4.20. The second kappa shape index (κ2) is 7.83. The van der Waals surface area contributed by atoms with Gasteiger partial charge in [-0.15, -0.1) is 0 Å². The van der Waals surface area contributed by atoms with E-state index < -0.39 is 0 Å². The van der Waals surface area contributed by atoms with Gasteiger partial charge in [0.2, 0.25) is 0 Å². The molecule has 3 rings (SSSR count). The van der Waals surface area contributed by atoms with Crippen molar-refractivity contribution < 1.29 is 9.59 Å². The molecule has 0 saturated heterocycles. The van der Waals surface area contributed by atoms with Crippen LogP contribution in [0.1, 0.15) is 38.9 Å². The molecule has 0 bridgehead atoms. The third-order valence-electron chi connectivity index (χ3n) is 4.20. The predicted molar refractivity (Wildman–Crippen MR) is 108 cm³/mol. The summed E-state index contributed by atoms with van der Waals surface area (Å²) in [5, 5.41) is 6.08. The standard InChI is InChI=1S/C22H21N3O2/c1-14-7-8-15(2)21(11-14)25-22(27)20-10-9-19(13-23-20)24-18-6-4-5-17(12-18)16(3)26/h4-13,24H,1-3H3,(H,25,27). The van der Waals surface area contributed by atoms with E-state index in [2.05, 4.69) is 15.6 Å². The maximum Gasteiger partial charge on any atom is 0.274 e. The molecule has 0 aliphatic rings. The number of hydrogen-bond acceptors (Lipinski definition) is 4. The molecule has 0 unspecified atom stereocenters. The number of amides is 1. The van der Waals surface area contributed by atoms with Crippen LogP contribution in [0.2, 0.25) is 0 Å². The van der Waals surface area contributed by atoms with Crippen LogP contribution in [0, 0.1) is 13.8 Å². The summed E-state index contributed by atoms with van der Waals surface area (Å²) in [6.07, 6.45) is 1.60. The number of Topliss-reactive ketones (excluding diaryl/α,β-unsaturated/α-hetero) is 1. The first-order chi connectivity index (χ1) is 12.9. The Balaban J connectivity index is 1.71. The summed E-state index contributed by atoms with van der Waals surface area (Å²) in [6, 6.07) is 16.6. The third kappa shape index (κ3) is 4.58. The molecule has 27 heavy (non-hydrogen) atoms. The van der Waals surface area contributed by atoms with E-state index in [-0.39, 0.29) is 11.7 Å². The van der Waals surface area contributed by atoms with Gasteiger partial charge in [0.25, 0.3) is 5.91 Å². The Kier molecular flexibility index (Phi) is 5.31. The van der Waals surface area contributed by atoms with Crippen molar-refractivity contribution in [1.29, 1.82) is 0 Å². The summed E-state index contributed by atoms with van der Waals surface area (Å²) >= 11 is 0. The quantitative estimate of drug-likeness (QED) is 0.636. The molecule has 0 aliphatic carbocycles. The summed E-state index contributed by atoms with van der Waals surface area (Å²) in [6.45, 7) is 5.46. The molecule has 0 spiro atoms. The van der Waals surface area contributed by atoms with Crippen molar-refractivity contribution in [3.63, 3.8) is 0 Å². The number of anilines is 3. The summed E-state index contributed by atoms with van der Waals surface area (Å²) in [4.78, 5) is 28.2. The number of benzene rings is 2. The Morgan fingerprint density at radius 1 is 0.926 bits per heavy atom. The van der Waals surface area contributed by atoms with Gasteiger partial charge in [-0.3, -0.25) is 9.59 Å². The minimum absolute atomic E-state index is 0.00948. The van der Waals surface area contributed by atoms with Crippen LogP contribution in [-0.4, -0.2) is 16.7 Å². The molecule has 1 heterocycles. The fraction of sp³-hybridized carbons (Fsp3) is 0.136. The average Bonchev–Trinajstić information content (AvgIpc) is 2.65. The molecule has 0 atom stereocenters. The minimum Gasteiger partial charge on any atom is -0.354 e. The Hall–Kier alpha value is -3.47. The van der Waals surface area contributed by atoms with Crippen LogP contribution in [0.3, 0.4) is 0 Å². The van der Waals surface area contributed by atoms with Gasteiger partial charge >= 0.3 is 0 Å². The van der Waals surface area contributed by atoms with E-state index in [0.717, 1.165) is 28.2 Å². The van der Waals surface area contributed by atoms with Crippen molar-refractivity contribution >= 4 is 28.8 Å². The molecular weight excluding hydrogens is 338 g/mol. The SMILES string of the molecule is CC(=O)c1cccc(Nc2ccc(C(=O)Nc3cc(C)ccc3C)nc2)c1. The van der Waals surface area contributed by atoms with E-state index in [1.54, 1.807) is 30.5 Å². The van der Waals surface area contributed by atoms with Gasteiger partial charge < -0.3 is 10.6 Å². The molecule has 5 nitrogen and oxygen atoms in total. The summed E-state index contributed by atoms with van der Waals surface area (Å²) in [7, 11) is 0. The lowest BCUT2D eigenvalue weighted by Crippen LogP contribution is -2.14. The van der Waals surface area contributed by atoms with Crippen LogP contribution >= 0.6 is 0 Å². The van der Waals surface area contributed by atoms with E-state index in [9.17, 15) is 9.59 Å². The van der Waals surface area contributed by atoms with Gasteiger partial charge in [-0.05, 0) is 62.2 Å². The lowest BCUT2D eigenvalue weighted by atomic mass is 10.1. The van der Waals surface area contributed by atoms with Crippen LogP contribution in [0.25, 0.3) is 0 Å². The van der Waals surface area contributed by atoms with Crippen LogP contribution in [0.4, 0.5) is 17.1 Å². The number of nitrogens with zero attached hydrogens (tertiary/aromatic N) is 1. The highest BCUT2D eigenvalue weighted by atomic mass is 16.2. The number of hydrogen-bond donors (Lipinski definition) is 2. The zero-order chi connectivity index (χ0) is 19.4. The maximum atomic E-state index is 12.4. The smallest absolute Gasteiger partial charge is 0.274 e. The predicted octanol–water partition coefficient (Wildman–Crippen LogP) is 4.90. The summed E-state index contributed by atoms with van der Waals surface area (Å²) < 4.78 is 0. The van der Waals surface area contributed by atoms with E-state index in [0.29, 0.717) is 11.3 Å². The van der Waals surface area contributed by atoms with Crippen molar-refractivity contribution in [2.45, 2.75) is 20.8 Å². The Bertz CT molecular complexity index is 995. The Labute approximate surface area is 158 Å². The van der Waals surface area contributed by atoms with Gasteiger partial charge in [-0.25, -0.2) is 4.98 Å². The number of nitrogens with one attached hydrogen (secondary N) is 2. The number of carbonyl (C=O) groups is 2. The molecule has 2 N–H and O–H groups in total. The van der Waals surface area contributed by atoms with Gasteiger partial charge in [0.1, 0.15) is 5.69 Å². The highest BCUT2D eigenvalue weighted by Crippen LogP contribution is 2.19. The normalized spacial score (nSPS) is 10.3. The van der Waals surface area contributed by atoms with Crippen molar-refractivity contribution in [3.05, 3.63) is 83.2 Å². The molecule has 2 aromatic carbocycles. The van der Waals surface area contributed by atoms with Gasteiger partial charge in [-0.1, -0.05) is 24.3 Å². The molecule has 0 radical (unpaired) electrons. The molecule has 0 aliphatic heterocycles. The lowest BCUT2D eigenvalue weighted by Gasteiger charge is -2.10. The molecule has 3 aromatic rings. The van der Waals surface area contributed by atoms with E-state index in [1.165, 1.54) is 6.92 Å². The number of pyridine rings is 1. The Morgan fingerprint density at radius 2 is 1.74 bits per heavy atom. The number of rotatable bonds is 5. The number of aryl methyl sites for hydroxylation is 2. The largest absolute Gasteiger partial charge is 0.354 e. The first kappa shape index (κ1) is 18.3. The lowest BCUT2D eigenvalue weighted by molar-refractivity contribution is 0.101. The average molecular weight is 359 g/mol. The van der Waals surface area contributed by atoms with Crippen LogP contribution < -0.4 is 10.6 Å². The molecular formula is C22H21N3O2. The topological polar surface area (TPSA) is 71.1 Å². The van der Waals surface area contributed by atoms with Crippen molar-refractivity contribution in [2.24, 2.45) is 0 Å². The fourth-order valence-electron chi connectivity index (χ4n) is 2.64. The monoisotopic (exact) mass is 359 g/mol. The number of carbonyl (C=O) groups excluding carboxylic acids is 2. The molecule has 136 valence electrons. The van der Waals surface area contributed by atoms with E-state index >= 15 is 0 Å². The number of ketones is 1. The summed E-state index contributed by atoms with van der Waals surface area (Å²) in [5.74, 6) is -0.246. The molecule has 0 fully saturated rings. The molecule has 1 aromatic heterocycles. The van der Waals surface area contributed by atoms with E-state index in [4.69, 9.17) is 0 Å². The zero-order valence-electron chi connectivity index (χ0n) is 15.5. The molecule has 1 amide bonds. The molecule has 0 saturated carbocycles. The second-order valence-electron chi connectivity index (χ2n) is 6.47. The number of aromatic nitrogens is 1. The first-order valence-electron chi connectivity index (χ1n) is 8.65. The van der Waals surface area contributed by atoms with Crippen molar-refractivity contribution in [2.75, 3.05) is 10.6 Å². The zero-order valence-corrected chi connectivity index (χ0v) is 15.5. The maximum absolute atomic E-state index is 12.4. The van der Waals surface area contributed by atoms with Gasteiger partial charge in [0, 0.05) is 16.9 Å². The summed E-state index contributed by atoms with van der Waals surface area (Å²) in [5.41, 5.74) is 5.35. The highest BCUT2D eigenvalue weighted by molar-refractivity contribution is 6.03. The van der Waals surface area contributed by atoms with E-state index in [1.807, 2.05) is 44.2 Å². The van der Waals surface area contributed by atoms with Crippen molar-refractivity contribution in [1.82, 2.24) is 4.98 Å². The van der Waals surface area contributed by atoms with Crippen molar-refractivity contribution in [3.8, 4) is 0 Å².